The average Bonchev–Trinajstić information content (AvgIpc) is 3.16. The number of likely N-dealkylation sites (N-methyl/N-ethyl adjacent to an activating group) is 1. The second kappa shape index (κ2) is 9.95. The van der Waals surface area contributed by atoms with Gasteiger partial charge in [0.2, 0.25) is 5.91 Å². The topological polar surface area (TPSA) is 85.1 Å². The standard InChI is InChI=1S/C27H35N3O4/c1-17-5-8-21(14-25(17)33-4)29(3)11-12-34-22-13-18(2)24-16-30(27(32)23(24)15-22)20-9-6-19(7-10-20)26(28)31/h5,8,13-15,19-20H,6-7,9-12,16H2,1-4H3,(H2,28,31). The van der Waals surface area contributed by atoms with Gasteiger partial charge in [-0.25, -0.2) is 0 Å². The van der Waals surface area contributed by atoms with E-state index in [1.165, 1.54) is 0 Å². The summed E-state index contributed by atoms with van der Waals surface area (Å²) in [6.07, 6.45) is 3.17. The Morgan fingerprint density at radius 2 is 1.85 bits per heavy atom. The van der Waals surface area contributed by atoms with Crippen LogP contribution in [-0.4, -0.2) is 50.1 Å². The Kier molecular flexibility index (Phi) is 7.00. The molecule has 1 heterocycles. The normalized spacial score (nSPS) is 19.6. The van der Waals surface area contributed by atoms with E-state index in [9.17, 15) is 9.59 Å². The second-order valence-corrected chi connectivity index (χ2v) is 9.53. The van der Waals surface area contributed by atoms with Crippen LogP contribution in [0.2, 0.25) is 0 Å². The summed E-state index contributed by atoms with van der Waals surface area (Å²) >= 11 is 0. The summed E-state index contributed by atoms with van der Waals surface area (Å²) in [6, 6.07) is 10.2. The van der Waals surface area contributed by atoms with Crippen molar-refractivity contribution in [2.45, 2.75) is 52.1 Å². The van der Waals surface area contributed by atoms with E-state index in [-0.39, 0.29) is 23.8 Å². The van der Waals surface area contributed by atoms with E-state index in [0.29, 0.717) is 19.7 Å². The number of carbonyl (C=O) groups excluding carboxylic acids is 2. The van der Waals surface area contributed by atoms with Gasteiger partial charge in [-0.2, -0.15) is 0 Å². The zero-order chi connectivity index (χ0) is 24.4. The van der Waals surface area contributed by atoms with Gasteiger partial charge in [-0.1, -0.05) is 6.07 Å². The first-order valence-electron chi connectivity index (χ1n) is 12.0. The molecule has 1 aliphatic carbocycles. The van der Waals surface area contributed by atoms with Crippen LogP contribution in [0.3, 0.4) is 0 Å². The summed E-state index contributed by atoms with van der Waals surface area (Å²) in [7, 11) is 3.70. The molecule has 0 radical (unpaired) electrons. The molecule has 2 N–H and O–H groups in total. The molecule has 7 heteroatoms. The number of methoxy groups -OCH3 is 1. The molecular weight excluding hydrogens is 430 g/mol. The van der Waals surface area contributed by atoms with E-state index in [2.05, 4.69) is 11.0 Å². The largest absolute Gasteiger partial charge is 0.496 e. The SMILES string of the molecule is COc1cc(N(C)CCOc2cc(C)c3c(c2)C(=O)N(C2CCC(C(N)=O)CC2)C3)ccc1C. The Hall–Kier alpha value is -3.22. The predicted octanol–water partition coefficient (Wildman–Crippen LogP) is 3.83. The smallest absolute Gasteiger partial charge is 0.254 e. The number of ether oxygens (including phenoxy) is 2. The van der Waals surface area contributed by atoms with Crippen LogP contribution >= 0.6 is 0 Å². The fourth-order valence-corrected chi connectivity index (χ4v) is 5.11. The lowest BCUT2D eigenvalue weighted by molar-refractivity contribution is -0.123. The van der Waals surface area contributed by atoms with Crippen molar-refractivity contribution in [2.24, 2.45) is 11.7 Å². The third-order valence-electron chi connectivity index (χ3n) is 7.33. The molecular formula is C27H35N3O4. The first kappa shape index (κ1) is 23.9. The monoisotopic (exact) mass is 465 g/mol. The van der Waals surface area contributed by atoms with Gasteiger partial charge in [0.15, 0.2) is 0 Å². The third-order valence-corrected chi connectivity index (χ3v) is 7.33. The number of hydrogen-bond donors (Lipinski definition) is 1. The number of benzene rings is 2. The van der Waals surface area contributed by atoms with Gasteiger partial charge in [-0.15, -0.1) is 0 Å². The van der Waals surface area contributed by atoms with E-state index in [4.69, 9.17) is 15.2 Å². The van der Waals surface area contributed by atoms with Crippen LogP contribution in [0.15, 0.2) is 30.3 Å². The van der Waals surface area contributed by atoms with Crippen LogP contribution in [0.1, 0.15) is 52.7 Å². The predicted molar refractivity (Wildman–Crippen MR) is 132 cm³/mol. The van der Waals surface area contributed by atoms with Crippen LogP contribution < -0.4 is 20.1 Å². The van der Waals surface area contributed by atoms with Crippen LogP contribution in [-0.2, 0) is 11.3 Å². The summed E-state index contributed by atoms with van der Waals surface area (Å²) in [5, 5.41) is 0. The van der Waals surface area contributed by atoms with Crippen LogP contribution in [0.5, 0.6) is 11.5 Å². The lowest BCUT2D eigenvalue weighted by Gasteiger charge is -2.33. The highest BCUT2D eigenvalue weighted by Crippen LogP contribution is 2.36. The minimum atomic E-state index is -0.223. The van der Waals surface area contributed by atoms with Gasteiger partial charge < -0.3 is 25.0 Å². The molecule has 7 nitrogen and oxygen atoms in total. The van der Waals surface area contributed by atoms with E-state index in [0.717, 1.165) is 65.1 Å². The highest BCUT2D eigenvalue weighted by molar-refractivity contribution is 5.99. The molecule has 2 aromatic carbocycles. The van der Waals surface area contributed by atoms with Crippen molar-refractivity contribution in [1.29, 1.82) is 0 Å². The van der Waals surface area contributed by atoms with E-state index >= 15 is 0 Å². The Morgan fingerprint density at radius 1 is 1.12 bits per heavy atom. The average molecular weight is 466 g/mol. The quantitative estimate of drug-likeness (QED) is 0.641. The van der Waals surface area contributed by atoms with E-state index in [1.54, 1.807) is 7.11 Å². The van der Waals surface area contributed by atoms with Gasteiger partial charge >= 0.3 is 0 Å². The third kappa shape index (κ3) is 4.83. The number of hydrogen-bond acceptors (Lipinski definition) is 5. The zero-order valence-electron chi connectivity index (χ0n) is 20.6. The Labute approximate surface area is 201 Å². The summed E-state index contributed by atoms with van der Waals surface area (Å²) in [4.78, 5) is 28.8. The molecule has 2 aromatic rings. The number of aryl methyl sites for hydroxylation is 2. The van der Waals surface area contributed by atoms with Crippen molar-refractivity contribution in [1.82, 2.24) is 4.90 Å². The number of fused-ring (bicyclic) bond motifs is 1. The van der Waals surface area contributed by atoms with Crippen molar-refractivity contribution in [3.8, 4) is 11.5 Å². The molecule has 0 atom stereocenters. The molecule has 2 aliphatic rings. The molecule has 0 saturated heterocycles. The molecule has 1 saturated carbocycles. The fraction of sp³-hybridized carbons (Fsp3) is 0.481. The molecule has 1 fully saturated rings. The number of anilines is 1. The minimum Gasteiger partial charge on any atom is -0.496 e. The van der Waals surface area contributed by atoms with E-state index < -0.39 is 0 Å². The molecule has 4 rings (SSSR count). The van der Waals surface area contributed by atoms with Crippen LogP contribution in [0.25, 0.3) is 0 Å². The summed E-state index contributed by atoms with van der Waals surface area (Å²) < 4.78 is 11.5. The second-order valence-electron chi connectivity index (χ2n) is 9.53. The van der Waals surface area contributed by atoms with Gasteiger partial charge in [-0.3, -0.25) is 9.59 Å². The Morgan fingerprint density at radius 3 is 2.53 bits per heavy atom. The molecule has 182 valence electrons. The first-order chi connectivity index (χ1) is 16.3. The number of rotatable bonds is 8. The van der Waals surface area contributed by atoms with Crippen molar-refractivity contribution in [3.05, 3.63) is 52.6 Å². The molecule has 1 aliphatic heterocycles. The highest BCUT2D eigenvalue weighted by Gasteiger charge is 2.36. The number of nitrogens with zero attached hydrogens (tertiary/aromatic N) is 2. The van der Waals surface area contributed by atoms with Gasteiger partial charge in [0, 0.05) is 42.9 Å². The fourth-order valence-electron chi connectivity index (χ4n) is 5.11. The maximum Gasteiger partial charge on any atom is 0.254 e. The number of nitrogens with two attached hydrogens (primary N) is 1. The number of primary amides is 1. The molecule has 0 unspecified atom stereocenters. The number of amides is 2. The molecule has 0 bridgehead atoms. The van der Waals surface area contributed by atoms with Crippen LogP contribution in [0.4, 0.5) is 5.69 Å². The molecule has 0 spiro atoms. The minimum absolute atomic E-state index is 0.0582. The van der Waals surface area contributed by atoms with Crippen molar-refractivity contribution >= 4 is 17.5 Å². The van der Waals surface area contributed by atoms with Crippen molar-refractivity contribution < 1.29 is 19.1 Å². The van der Waals surface area contributed by atoms with Crippen LogP contribution in [0, 0.1) is 19.8 Å². The summed E-state index contributed by atoms with van der Waals surface area (Å²) in [5.41, 5.74) is 10.5. The van der Waals surface area contributed by atoms with Gasteiger partial charge in [0.25, 0.3) is 5.91 Å². The number of carbonyl (C=O) groups is 2. The van der Waals surface area contributed by atoms with Crippen molar-refractivity contribution in [3.63, 3.8) is 0 Å². The molecule has 34 heavy (non-hydrogen) atoms. The van der Waals surface area contributed by atoms with Gasteiger partial charge in [0.1, 0.15) is 18.1 Å². The summed E-state index contributed by atoms with van der Waals surface area (Å²) in [6.45, 7) is 5.89. The maximum atomic E-state index is 13.2. The highest BCUT2D eigenvalue weighted by atomic mass is 16.5. The Balaban J connectivity index is 1.37. The zero-order valence-corrected chi connectivity index (χ0v) is 20.6. The molecule has 0 aromatic heterocycles. The Bertz CT molecular complexity index is 1080. The van der Waals surface area contributed by atoms with E-state index in [1.807, 2.05) is 50.1 Å². The van der Waals surface area contributed by atoms with Crippen molar-refractivity contribution in [2.75, 3.05) is 32.2 Å². The summed E-state index contributed by atoms with van der Waals surface area (Å²) in [5.74, 6) is 1.37. The maximum absolute atomic E-state index is 13.2. The lowest BCUT2D eigenvalue weighted by atomic mass is 9.85. The molecule has 2 amide bonds. The van der Waals surface area contributed by atoms with Gasteiger partial charge in [0.05, 0.1) is 13.7 Å². The first-order valence-corrected chi connectivity index (χ1v) is 12.0. The van der Waals surface area contributed by atoms with Gasteiger partial charge in [-0.05, 0) is 74.4 Å². The lowest BCUT2D eigenvalue weighted by Crippen LogP contribution is -2.40.